The smallest absolute Gasteiger partial charge is 0.233 e. The van der Waals surface area contributed by atoms with E-state index in [-0.39, 0.29) is 11.2 Å². The van der Waals surface area contributed by atoms with Crippen molar-refractivity contribution in [2.24, 2.45) is 0 Å². The molecule has 1 aliphatic carbocycles. The summed E-state index contributed by atoms with van der Waals surface area (Å²) in [5.74, 6) is 0.185. The summed E-state index contributed by atoms with van der Waals surface area (Å²) in [6.45, 7) is 2.07. The fraction of sp³-hybridized carbons (Fsp3) is 0.588. The monoisotopic (exact) mass is 325 g/mol. The van der Waals surface area contributed by atoms with E-state index in [2.05, 4.69) is 12.2 Å². The molecule has 0 radical (unpaired) electrons. The normalized spacial score (nSPS) is 18.0. The number of thioether (sulfide) groups is 1. The highest BCUT2D eigenvalue weighted by atomic mass is 35.5. The molecular formula is C17H24ClNOS. The first kappa shape index (κ1) is 16.7. The highest BCUT2D eigenvalue weighted by Crippen LogP contribution is 2.27. The Bertz CT molecular complexity index is 441. The molecule has 1 aromatic carbocycles. The molecule has 1 aliphatic rings. The van der Waals surface area contributed by atoms with E-state index in [4.69, 9.17) is 11.6 Å². The van der Waals surface area contributed by atoms with Crippen LogP contribution in [0.2, 0.25) is 5.02 Å². The third kappa shape index (κ3) is 5.55. The van der Waals surface area contributed by atoms with Gasteiger partial charge < -0.3 is 5.32 Å². The standard InChI is InChI=1S/C17H24ClNOS/c1-2-16(21-15-11-9-13(18)10-12-15)17(20)19-14-7-5-3-4-6-8-14/h9-12,14,16H,2-8H2,1H3,(H,19,20). The van der Waals surface area contributed by atoms with E-state index in [0.717, 1.165) is 29.2 Å². The van der Waals surface area contributed by atoms with Crippen molar-refractivity contribution in [2.45, 2.75) is 68.1 Å². The lowest BCUT2D eigenvalue weighted by Crippen LogP contribution is -2.39. The lowest BCUT2D eigenvalue weighted by Gasteiger charge is -2.20. The first-order valence-corrected chi connectivity index (χ1v) is 9.17. The molecule has 0 aliphatic heterocycles. The van der Waals surface area contributed by atoms with E-state index in [1.54, 1.807) is 11.8 Å². The predicted octanol–water partition coefficient (Wildman–Crippen LogP) is 5.05. The van der Waals surface area contributed by atoms with Crippen molar-refractivity contribution in [1.82, 2.24) is 5.32 Å². The number of halogens is 1. The number of hydrogen-bond donors (Lipinski definition) is 1. The van der Waals surface area contributed by atoms with Crippen molar-refractivity contribution < 1.29 is 4.79 Å². The Balaban J connectivity index is 1.89. The van der Waals surface area contributed by atoms with Crippen molar-refractivity contribution in [2.75, 3.05) is 0 Å². The van der Waals surface area contributed by atoms with Gasteiger partial charge >= 0.3 is 0 Å². The topological polar surface area (TPSA) is 29.1 Å². The highest BCUT2D eigenvalue weighted by Gasteiger charge is 2.21. The average Bonchev–Trinajstić information content (AvgIpc) is 2.75. The van der Waals surface area contributed by atoms with Gasteiger partial charge in [0.15, 0.2) is 0 Å². The molecule has 1 amide bonds. The summed E-state index contributed by atoms with van der Waals surface area (Å²) in [6.07, 6.45) is 8.21. The maximum Gasteiger partial charge on any atom is 0.233 e. The summed E-state index contributed by atoms with van der Waals surface area (Å²) in [5.41, 5.74) is 0. The van der Waals surface area contributed by atoms with Crippen molar-refractivity contribution in [3.05, 3.63) is 29.3 Å². The van der Waals surface area contributed by atoms with Gasteiger partial charge in [-0.25, -0.2) is 0 Å². The van der Waals surface area contributed by atoms with Gasteiger partial charge in [0, 0.05) is 16.0 Å². The van der Waals surface area contributed by atoms with Gasteiger partial charge in [0.25, 0.3) is 0 Å². The van der Waals surface area contributed by atoms with E-state index in [1.807, 2.05) is 24.3 Å². The second-order valence-electron chi connectivity index (χ2n) is 5.67. The molecule has 1 saturated carbocycles. The zero-order valence-corrected chi connectivity index (χ0v) is 14.2. The SMILES string of the molecule is CCC(Sc1ccc(Cl)cc1)C(=O)NC1CCCCCC1. The molecule has 0 heterocycles. The predicted molar refractivity (Wildman–Crippen MR) is 91.0 cm³/mol. The highest BCUT2D eigenvalue weighted by molar-refractivity contribution is 8.00. The van der Waals surface area contributed by atoms with Crippen LogP contribution in [-0.4, -0.2) is 17.2 Å². The third-order valence-electron chi connectivity index (χ3n) is 3.96. The minimum Gasteiger partial charge on any atom is -0.352 e. The van der Waals surface area contributed by atoms with Crippen molar-refractivity contribution in [3.8, 4) is 0 Å². The Morgan fingerprint density at radius 2 is 1.86 bits per heavy atom. The number of nitrogens with one attached hydrogen (secondary N) is 1. The molecule has 116 valence electrons. The van der Waals surface area contributed by atoms with Crippen LogP contribution in [0.25, 0.3) is 0 Å². The quantitative estimate of drug-likeness (QED) is 0.606. The molecular weight excluding hydrogens is 302 g/mol. The van der Waals surface area contributed by atoms with Crippen LogP contribution in [0.15, 0.2) is 29.2 Å². The number of amides is 1. The summed E-state index contributed by atoms with van der Waals surface area (Å²) >= 11 is 7.53. The molecule has 1 N–H and O–H groups in total. The Morgan fingerprint density at radius 1 is 1.24 bits per heavy atom. The summed E-state index contributed by atoms with van der Waals surface area (Å²) in [6, 6.07) is 8.09. The first-order chi connectivity index (χ1) is 10.2. The zero-order chi connectivity index (χ0) is 15.1. The molecule has 1 aromatic rings. The molecule has 1 unspecified atom stereocenters. The van der Waals surface area contributed by atoms with Gasteiger partial charge in [0.1, 0.15) is 0 Å². The first-order valence-electron chi connectivity index (χ1n) is 7.91. The minimum atomic E-state index is -0.0190. The Hall–Kier alpha value is -0.670. The molecule has 4 heteroatoms. The van der Waals surface area contributed by atoms with Crippen molar-refractivity contribution in [1.29, 1.82) is 0 Å². The number of hydrogen-bond acceptors (Lipinski definition) is 2. The molecule has 1 atom stereocenters. The third-order valence-corrected chi connectivity index (χ3v) is 5.58. The minimum absolute atomic E-state index is 0.0190. The van der Waals surface area contributed by atoms with Crippen molar-refractivity contribution in [3.63, 3.8) is 0 Å². The summed E-state index contributed by atoms with van der Waals surface area (Å²) in [4.78, 5) is 13.6. The maximum atomic E-state index is 12.5. The maximum absolute atomic E-state index is 12.5. The van der Waals surface area contributed by atoms with Gasteiger partial charge in [0.2, 0.25) is 5.91 Å². The Morgan fingerprint density at radius 3 is 2.43 bits per heavy atom. The van der Waals surface area contributed by atoms with Crippen LogP contribution in [0, 0.1) is 0 Å². The van der Waals surface area contributed by atoms with Crippen molar-refractivity contribution >= 4 is 29.3 Å². The van der Waals surface area contributed by atoms with Gasteiger partial charge in [-0.2, -0.15) is 0 Å². The van der Waals surface area contributed by atoms with Crippen LogP contribution < -0.4 is 5.32 Å². The molecule has 2 nitrogen and oxygen atoms in total. The average molecular weight is 326 g/mol. The van der Waals surface area contributed by atoms with E-state index >= 15 is 0 Å². The number of carbonyl (C=O) groups is 1. The summed E-state index contributed by atoms with van der Waals surface area (Å²) < 4.78 is 0. The summed E-state index contributed by atoms with van der Waals surface area (Å²) in [5, 5.41) is 3.97. The van der Waals surface area contributed by atoms with Crippen LogP contribution in [-0.2, 0) is 4.79 Å². The summed E-state index contributed by atoms with van der Waals surface area (Å²) in [7, 11) is 0. The van der Waals surface area contributed by atoms with Crippen LogP contribution in [0.5, 0.6) is 0 Å². The molecule has 0 aromatic heterocycles. The second kappa shape index (κ2) is 8.70. The number of rotatable bonds is 5. The van der Waals surface area contributed by atoms with Crippen LogP contribution in [0.1, 0.15) is 51.9 Å². The van der Waals surface area contributed by atoms with Crippen LogP contribution in [0.3, 0.4) is 0 Å². The second-order valence-corrected chi connectivity index (χ2v) is 7.38. The molecule has 0 saturated heterocycles. The van der Waals surface area contributed by atoms with E-state index in [9.17, 15) is 4.79 Å². The van der Waals surface area contributed by atoms with Crippen LogP contribution in [0.4, 0.5) is 0 Å². The van der Waals surface area contributed by atoms with Gasteiger partial charge in [-0.05, 0) is 43.5 Å². The fourth-order valence-electron chi connectivity index (χ4n) is 2.72. The zero-order valence-electron chi connectivity index (χ0n) is 12.6. The largest absolute Gasteiger partial charge is 0.352 e. The number of benzene rings is 1. The molecule has 2 rings (SSSR count). The Kier molecular flexibility index (Phi) is 6.91. The van der Waals surface area contributed by atoms with Gasteiger partial charge in [-0.15, -0.1) is 11.8 Å². The van der Waals surface area contributed by atoms with Gasteiger partial charge in [-0.1, -0.05) is 44.2 Å². The molecule has 0 bridgehead atoms. The fourth-order valence-corrected chi connectivity index (χ4v) is 3.81. The number of carbonyl (C=O) groups excluding carboxylic acids is 1. The molecule has 21 heavy (non-hydrogen) atoms. The van der Waals surface area contributed by atoms with Gasteiger partial charge in [0.05, 0.1) is 5.25 Å². The van der Waals surface area contributed by atoms with Gasteiger partial charge in [-0.3, -0.25) is 4.79 Å². The Labute approximate surface area is 137 Å². The lowest BCUT2D eigenvalue weighted by atomic mass is 10.1. The molecule has 0 spiro atoms. The van der Waals surface area contributed by atoms with E-state index < -0.39 is 0 Å². The lowest BCUT2D eigenvalue weighted by molar-refractivity contribution is -0.121. The van der Waals surface area contributed by atoms with E-state index in [1.165, 1.54) is 25.7 Å². The van der Waals surface area contributed by atoms with Crippen LogP contribution >= 0.6 is 23.4 Å². The molecule has 1 fully saturated rings. The van der Waals surface area contributed by atoms with E-state index in [0.29, 0.717) is 6.04 Å².